The molecule has 0 aliphatic rings. The first-order valence-electron chi connectivity index (χ1n) is 4.47. The molecule has 0 spiro atoms. The average molecular weight is 233 g/mol. The van der Waals surface area contributed by atoms with Gasteiger partial charge in [-0.15, -0.1) is 0 Å². The van der Waals surface area contributed by atoms with Crippen LogP contribution in [0.5, 0.6) is 0 Å². The zero-order valence-electron chi connectivity index (χ0n) is 8.20. The van der Waals surface area contributed by atoms with Gasteiger partial charge in [-0.3, -0.25) is 0 Å². The van der Waals surface area contributed by atoms with Crippen LogP contribution in [0.15, 0.2) is 24.3 Å². The number of halogens is 1. The van der Waals surface area contributed by atoms with Crippen molar-refractivity contribution in [2.24, 2.45) is 0 Å². The highest BCUT2D eigenvalue weighted by Gasteiger charge is 2.19. The summed E-state index contributed by atoms with van der Waals surface area (Å²) >= 11 is 0. The summed E-state index contributed by atoms with van der Waals surface area (Å²) in [7, 11) is 1.76. The van der Waals surface area contributed by atoms with E-state index in [2.05, 4.69) is 6.92 Å². The molecule has 0 aliphatic carbocycles. The second-order valence-corrected chi connectivity index (χ2v) is 6.16. The van der Waals surface area contributed by atoms with Gasteiger partial charge in [-0.1, -0.05) is 31.2 Å². The Kier molecular flexibility index (Phi) is 3.56. The number of hydrogen-bond donors (Lipinski definition) is 0. The lowest BCUT2D eigenvalue weighted by Crippen LogP contribution is -2.02. The molecule has 0 aromatic heterocycles. The summed E-state index contributed by atoms with van der Waals surface area (Å²) in [6.07, 6.45) is 0.947. The van der Waals surface area contributed by atoms with E-state index in [1.165, 1.54) is 5.56 Å². The second-order valence-electron chi connectivity index (χ2n) is 3.21. The summed E-state index contributed by atoms with van der Waals surface area (Å²) < 4.78 is 22.1. The van der Waals surface area contributed by atoms with Gasteiger partial charge < -0.3 is 0 Å². The van der Waals surface area contributed by atoms with Crippen molar-refractivity contribution in [1.29, 1.82) is 0 Å². The maximum Gasteiger partial charge on any atom is 0.239 e. The number of benzene rings is 1. The van der Waals surface area contributed by atoms with Crippen molar-refractivity contribution in [2.75, 3.05) is 0 Å². The predicted octanol–water partition coefficient (Wildman–Crippen LogP) is 2.88. The lowest BCUT2D eigenvalue weighted by molar-refractivity contribution is 0.600. The van der Waals surface area contributed by atoms with Gasteiger partial charge >= 0.3 is 0 Å². The second kappa shape index (κ2) is 4.32. The molecule has 1 aromatic rings. The molecule has 0 N–H and O–H groups in total. The van der Waals surface area contributed by atoms with Crippen LogP contribution in [0, 0.1) is 0 Å². The summed E-state index contributed by atoms with van der Waals surface area (Å²) in [6.45, 7) is 3.64. The van der Waals surface area contributed by atoms with E-state index >= 15 is 0 Å². The molecule has 0 saturated carbocycles. The zero-order chi connectivity index (χ0) is 10.8. The van der Waals surface area contributed by atoms with E-state index in [9.17, 15) is 8.42 Å². The predicted molar refractivity (Wildman–Crippen MR) is 59.0 cm³/mol. The Hall–Kier alpha value is -0.540. The van der Waals surface area contributed by atoms with Gasteiger partial charge in [0.25, 0.3) is 0 Å². The third kappa shape index (κ3) is 2.72. The van der Waals surface area contributed by atoms with Crippen molar-refractivity contribution in [3.63, 3.8) is 0 Å². The maximum absolute atomic E-state index is 11.1. The van der Waals surface area contributed by atoms with Crippen LogP contribution in [0.2, 0.25) is 0 Å². The Labute approximate surface area is 89.3 Å². The molecule has 2 nitrogen and oxygen atoms in total. The van der Waals surface area contributed by atoms with Crippen LogP contribution in [0.3, 0.4) is 0 Å². The normalized spacial score (nSPS) is 13.9. The monoisotopic (exact) mass is 232 g/mol. The highest BCUT2D eigenvalue weighted by atomic mass is 35.7. The van der Waals surface area contributed by atoms with Crippen LogP contribution in [0.4, 0.5) is 0 Å². The number of aryl methyl sites for hydroxylation is 1. The first kappa shape index (κ1) is 11.5. The molecule has 0 fully saturated rings. The zero-order valence-corrected chi connectivity index (χ0v) is 9.77. The smallest absolute Gasteiger partial charge is 0.212 e. The molecule has 14 heavy (non-hydrogen) atoms. The van der Waals surface area contributed by atoms with Gasteiger partial charge in [0.15, 0.2) is 0 Å². The molecule has 0 aliphatic heterocycles. The molecule has 0 bridgehead atoms. The molecule has 1 atom stereocenters. The molecule has 78 valence electrons. The SMILES string of the molecule is CCc1ccc(C(C)S(=O)(=O)Cl)cc1. The van der Waals surface area contributed by atoms with Crippen molar-refractivity contribution in [3.8, 4) is 0 Å². The highest BCUT2D eigenvalue weighted by Crippen LogP contribution is 2.24. The minimum atomic E-state index is -3.50. The average Bonchev–Trinajstić information content (AvgIpc) is 2.15. The Balaban J connectivity index is 2.98. The van der Waals surface area contributed by atoms with Gasteiger partial charge in [0.2, 0.25) is 9.05 Å². The number of rotatable bonds is 3. The third-order valence-electron chi connectivity index (χ3n) is 2.28. The summed E-state index contributed by atoms with van der Waals surface area (Å²) in [5.74, 6) is 0. The highest BCUT2D eigenvalue weighted by molar-refractivity contribution is 8.13. The fourth-order valence-electron chi connectivity index (χ4n) is 1.19. The van der Waals surface area contributed by atoms with Crippen molar-refractivity contribution in [2.45, 2.75) is 25.5 Å². The van der Waals surface area contributed by atoms with Gasteiger partial charge in [-0.25, -0.2) is 8.42 Å². The van der Waals surface area contributed by atoms with E-state index in [1.54, 1.807) is 6.92 Å². The van der Waals surface area contributed by atoms with Crippen LogP contribution in [-0.4, -0.2) is 8.42 Å². The first-order chi connectivity index (χ1) is 6.45. The molecule has 1 rings (SSSR count). The number of hydrogen-bond acceptors (Lipinski definition) is 2. The minimum Gasteiger partial charge on any atom is -0.212 e. The van der Waals surface area contributed by atoms with Crippen LogP contribution < -0.4 is 0 Å². The van der Waals surface area contributed by atoms with Crippen LogP contribution in [0.25, 0.3) is 0 Å². The van der Waals surface area contributed by atoms with Crippen molar-refractivity contribution >= 4 is 19.7 Å². The molecular formula is C10H13ClO2S. The largest absolute Gasteiger partial charge is 0.239 e. The Bertz CT molecular complexity index is 395. The lowest BCUT2D eigenvalue weighted by Gasteiger charge is -2.08. The van der Waals surface area contributed by atoms with E-state index in [0.717, 1.165) is 12.0 Å². The van der Waals surface area contributed by atoms with E-state index in [4.69, 9.17) is 10.7 Å². The van der Waals surface area contributed by atoms with Crippen molar-refractivity contribution < 1.29 is 8.42 Å². The quantitative estimate of drug-likeness (QED) is 0.751. The fourth-order valence-corrected chi connectivity index (χ4v) is 1.98. The first-order valence-corrected chi connectivity index (χ1v) is 6.84. The van der Waals surface area contributed by atoms with Crippen LogP contribution in [0.1, 0.15) is 30.2 Å². The molecule has 0 saturated heterocycles. The minimum absolute atomic E-state index is 0.643. The molecule has 4 heteroatoms. The Morgan fingerprint density at radius 1 is 1.29 bits per heavy atom. The van der Waals surface area contributed by atoms with Gasteiger partial charge in [0, 0.05) is 10.7 Å². The third-order valence-corrected chi connectivity index (χ3v) is 4.20. The molecule has 1 aromatic carbocycles. The van der Waals surface area contributed by atoms with E-state index in [1.807, 2.05) is 24.3 Å². The van der Waals surface area contributed by atoms with Gasteiger partial charge in [0.05, 0.1) is 5.25 Å². The Morgan fingerprint density at radius 3 is 2.14 bits per heavy atom. The van der Waals surface area contributed by atoms with Crippen molar-refractivity contribution in [1.82, 2.24) is 0 Å². The van der Waals surface area contributed by atoms with Crippen LogP contribution >= 0.6 is 10.7 Å². The summed E-state index contributed by atoms with van der Waals surface area (Å²) in [5.41, 5.74) is 1.92. The van der Waals surface area contributed by atoms with Gasteiger partial charge in [0.1, 0.15) is 0 Å². The van der Waals surface area contributed by atoms with Gasteiger partial charge in [-0.05, 0) is 24.5 Å². The molecular weight excluding hydrogens is 220 g/mol. The molecule has 0 heterocycles. The maximum atomic E-state index is 11.1. The summed E-state index contributed by atoms with van der Waals surface area (Å²) in [5, 5.41) is -0.643. The summed E-state index contributed by atoms with van der Waals surface area (Å²) in [4.78, 5) is 0. The molecule has 0 amide bonds. The van der Waals surface area contributed by atoms with E-state index < -0.39 is 14.3 Å². The standard InChI is InChI=1S/C10H13ClO2S/c1-3-9-4-6-10(7-5-9)8(2)14(11,12)13/h4-8H,3H2,1-2H3. The van der Waals surface area contributed by atoms with E-state index in [-0.39, 0.29) is 0 Å². The lowest BCUT2D eigenvalue weighted by atomic mass is 10.1. The van der Waals surface area contributed by atoms with Crippen molar-refractivity contribution in [3.05, 3.63) is 35.4 Å². The fraction of sp³-hybridized carbons (Fsp3) is 0.400. The molecule has 0 radical (unpaired) electrons. The van der Waals surface area contributed by atoms with Crippen LogP contribution in [-0.2, 0) is 15.5 Å². The van der Waals surface area contributed by atoms with Gasteiger partial charge in [-0.2, -0.15) is 0 Å². The topological polar surface area (TPSA) is 34.1 Å². The van der Waals surface area contributed by atoms with E-state index in [0.29, 0.717) is 0 Å². The summed E-state index contributed by atoms with van der Waals surface area (Å²) in [6, 6.07) is 7.47. The Morgan fingerprint density at radius 2 is 1.79 bits per heavy atom. The molecule has 1 unspecified atom stereocenters.